The lowest BCUT2D eigenvalue weighted by Gasteiger charge is -2.55. The number of thiophene rings is 1. The molecule has 0 saturated carbocycles. The zero-order valence-electron chi connectivity index (χ0n) is 16.5. The van der Waals surface area contributed by atoms with E-state index in [9.17, 15) is 19.5 Å². The largest absolute Gasteiger partial charge is 0.477 e. The third kappa shape index (κ3) is 3.84. The van der Waals surface area contributed by atoms with Crippen molar-refractivity contribution in [2.24, 2.45) is 7.05 Å². The third-order valence-corrected chi connectivity index (χ3v) is 8.18. The van der Waals surface area contributed by atoms with Crippen LogP contribution in [-0.4, -0.2) is 77.7 Å². The number of β-lactam (4-membered cyclic amide) rings is 1. The lowest BCUT2D eigenvalue weighted by Crippen LogP contribution is -2.80. The number of thioether (sulfide) groups is 2. The van der Waals surface area contributed by atoms with Crippen molar-refractivity contribution in [3.05, 3.63) is 33.7 Å². The SMILES string of the molecule is CO[C@@]1(NC(=O)Cc2cccs2)C(=O)N2C(C(=O)O)=C(CSc3nnnn3C)CS[C@H]21. The fraction of sp³-hybridized carbons (Fsp3) is 0.412. The minimum absolute atomic E-state index is 0.0865. The molecule has 2 aromatic heterocycles. The van der Waals surface area contributed by atoms with E-state index >= 15 is 0 Å². The Labute approximate surface area is 189 Å². The summed E-state index contributed by atoms with van der Waals surface area (Å²) in [7, 11) is 3.02. The van der Waals surface area contributed by atoms with Crippen LogP contribution in [0.1, 0.15) is 4.88 Å². The van der Waals surface area contributed by atoms with Gasteiger partial charge in [-0.05, 0) is 27.4 Å². The number of carbonyl (C=O) groups is 3. The number of tetrazole rings is 1. The molecule has 0 spiro atoms. The normalized spacial score (nSPS) is 22.8. The third-order valence-electron chi connectivity index (χ3n) is 4.83. The molecule has 4 rings (SSSR count). The second-order valence-electron chi connectivity index (χ2n) is 6.71. The van der Waals surface area contributed by atoms with Crippen LogP contribution in [-0.2, 0) is 32.6 Å². The predicted octanol–water partition coefficient (Wildman–Crippen LogP) is 0.319. The predicted molar refractivity (Wildman–Crippen MR) is 113 cm³/mol. The number of fused-ring (bicyclic) bond motifs is 1. The molecule has 2 atom stereocenters. The lowest BCUT2D eigenvalue weighted by atomic mass is 9.98. The van der Waals surface area contributed by atoms with Crippen LogP contribution in [0.15, 0.2) is 33.9 Å². The van der Waals surface area contributed by atoms with Gasteiger partial charge in [-0.2, -0.15) is 0 Å². The number of methoxy groups -OCH3 is 1. The van der Waals surface area contributed by atoms with Gasteiger partial charge in [0.1, 0.15) is 11.1 Å². The van der Waals surface area contributed by atoms with E-state index in [1.807, 2.05) is 17.5 Å². The Morgan fingerprint density at radius 2 is 2.29 bits per heavy atom. The number of amides is 2. The number of hydrogen-bond acceptors (Lipinski definition) is 10. The number of carboxylic acids is 1. The highest BCUT2D eigenvalue weighted by molar-refractivity contribution is 8.01. The minimum atomic E-state index is -1.59. The highest BCUT2D eigenvalue weighted by Gasteiger charge is 2.66. The molecule has 31 heavy (non-hydrogen) atoms. The molecule has 11 nitrogen and oxygen atoms in total. The monoisotopic (exact) mass is 482 g/mol. The van der Waals surface area contributed by atoms with Crippen molar-refractivity contribution in [1.82, 2.24) is 30.4 Å². The van der Waals surface area contributed by atoms with Crippen molar-refractivity contribution >= 4 is 52.6 Å². The molecule has 0 bridgehead atoms. The van der Waals surface area contributed by atoms with Crippen molar-refractivity contribution in [3.8, 4) is 0 Å². The van der Waals surface area contributed by atoms with Gasteiger partial charge in [0.25, 0.3) is 11.6 Å². The molecule has 2 N–H and O–H groups in total. The topological polar surface area (TPSA) is 140 Å². The maximum Gasteiger partial charge on any atom is 0.352 e. The quantitative estimate of drug-likeness (QED) is 0.307. The zero-order valence-corrected chi connectivity index (χ0v) is 18.9. The van der Waals surface area contributed by atoms with Gasteiger partial charge in [-0.1, -0.05) is 17.8 Å². The van der Waals surface area contributed by atoms with Crippen molar-refractivity contribution < 1.29 is 24.2 Å². The molecule has 14 heteroatoms. The molecule has 0 aliphatic carbocycles. The highest BCUT2D eigenvalue weighted by Crippen LogP contribution is 2.47. The number of nitrogens with zero attached hydrogens (tertiary/aromatic N) is 5. The second-order valence-corrected chi connectivity index (χ2v) is 9.76. The molecule has 2 amide bonds. The average Bonchev–Trinajstić information content (AvgIpc) is 3.40. The maximum absolute atomic E-state index is 13.1. The summed E-state index contributed by atoms with van der Waals surface area (Å²) in [5.74, 6) is -1.51. The summed E-state index contributed by atoms with van der Waals surface area (Å²) < 4.78 is 6.94. The summed E-state index contributed by atoms with van der Waals surface area (Å²) in [6.45, 7) is 0. The van der Waals surface area contributed by atoms with E-state index in [0.29, 0.717) is 22.2 Å². The number of nitrogens with one attached hydrogen (secondary N) is 1. The Morgan fingerprint density at radius 1 is 1.48 bits per heavy atom. The molecule has 4 heterocycles. The Bertz CT molecular complexity index is 1050. The standard InChI is InChI=1S/C17H18N6O5S3/c1-22-16(19-20-21-22)31-8-9-7-30-15-17(28-2,14(27)23(15)12(9)13(25)26)18-11(24)6-10-4-3-5-29-10/h3-5,15H,6-8H2,1-2H3,(H,18,24)(H,25,26)/t15-,17-/m0/s1. The summed E-state index contributed by atoms with van der Waals surface area (Å²) >= 11 is 4.07. The fourth-order valence-corrected chi connectivity index (χ4v) is 6.50. The van der Waals surface area contributed by atoms with E-state index in [1.54, 1.807) is 7.05 Å². The number of carboxylic acid groups (broad SMARTS) is 1. The van der Waals surface area contributed by atoms with Crippen LogP contribution in [0.5, 0.6) is 0 Å². The number of hydrogen-bond donors (Lipinski definition) is 2. The summed E-state index contributed by atoms with van der Waals surface area (Å²) in [6.07, 6.45) is 0.114. The van der Waals surface area contributed by atoms with Crippen LogP contribution in [0.2, 0.25) is 0 Å². The Kier molecular flexibility index (Phi) is 6.05. The molecule has 2 aliphatic heterocycles. The van der Waals surface area contributed by atoms with Crippen molar-refractivity contribution in [2.45, 2.75) is 22.7 Å². The van der Waals surface area contributed by atoms with E-state index in [0.717, 1.165) is 4.88 Å². The summed E-state index contributed by atoms with van der Waals surface area (Å²) in [5.41, 5.74) is -1.10. The summed E-state index contributed by atoms with van der Waals surface area (Å²) in [4.78, 5) is 39.7. The molecule has 2 aromatic rings. The molecule has 2 aliphatic rings. The van der Waals surface area contributed by atoms with E-state index in [2.05, 4.69) is 20.8 Å². The molecular formula is C17H18N6O5S3. The van der Waals surface area contributed by atoms with Gasteiger partial charge in [-0.3, -0.25) is 14.5 Å². The average molecular weight is 483 g/mol. The number of aryl methyl sites for hydroxylation is 1. The van der Waals surface area contributed by atoms with Gasteiger partial charge < -0.3 is 15.2 Å². The van der Waals surface area contributed by atoms with E-state index in [-0.39, 0.29) is 18.0 Å². The van der Waals surface area contributed by atoms with Gasteiger partial charge in [0.05, 0.1) is 6.42 Å². The molecule has 1 saturated heterocycles. The number of aliphatic carboxylic acids is 1. The first-order valence-electron chi connectivity index (χ1n) is 9.01. The fourth-order valence-electron chi connectivity index (χ4n) is 3.37. The van der Waals surface area contributed by atoms with Gasteiger partial charge >= 0.3 is 5.97 Å². The van der Waals surface area contributed by atoms with Gasteiger partial charge in [0, 0.05) is 30.5 Å². The number of aromatic nitrogens is 4. The van der Waals surface area contributed by atoms with E-state index in [4.69, 9.17) is 4.74 Å². The molecule has 0 unspecified atom stereocenters. The smallest absolute Gasteiger partial charge is 0.352 e. The maximum atomic E-state index is 13.1. The molecule has 0 radical (unpaired) electrons. The highest BCUT2D eigenvalue weighted by atomic mass is 32.2. The number of rotatable bonds is 8. The van der Waals surface area contributed by atoms with Crippen LogP contribution in [0.4, 0.5) is 0 Å². The first kappa shape index (κ1) is 21.8. The molecule has 1 fully saturated rings. The van der Waals surface area contributed by atoms with Crippen molar-refractivity contribution in [3.63, 3.8) is 0 Å². The number of carbonyl (C=O) groups excluding carboxylic acids is 2. The molecule has 164 valence electrons. The Hall–Kier alpha value is -2.42. The van der Waals surface area contributed by atoms with Crippen molar-refractivity contribution in [2.75, 3.05) is 18.6 Å². The Balaban J connectivity index is 1.53. The second kappa shape index (κ2) is 8.61. The lowest BCUT2D eigenvalue weighted by molar-refractivity contribution is -0.192. The van der Waals surface area contributed by atoms with Gasteiger partial charge in [-0.25, -0.2) is 9.48 Å². The minimum Gasteiger partial charge on any atom is -0.477 e. The van der Waals surface area contributed by atoms with Crippen LogP contribution in [0.3, 0.4) is 0 Å². The first-order valence-corrected chi connectivity index (χ1v) is 11.9. The van der Waals surface area contributed by atoms with Crippen LogP contribution in [0.25, 0.3) is 0 Å². The Morgan fingerprint density at radius 3 is 2.90 bits per heavy atom. The van der Waals surface area contributed by atoms with Crippen LogP contribution < -0.4 is 5.32 Å². The molecule has 0 aromatic carbocycles. The van der Waals surface area contributed by atoms with Crippen LogP contribution in [0, 0.1) is 0 Å². The first-order chi connectivity index (χ1) is 14.9. The zero-order chi connectivity index (χ0) is 22.2. The number of ether oxygens (including phenoxy) is 1. The summed E-state index contributed by atoms with van der Waals surface area (Å²) in [5, 5.41) is 25.4. The summed E-state index contributed by atoms with van der Waals surface area (Å²) in [6, 6.07) is 3.67. The van der Waals surface area contributed by atoms with Gasteiger partial charge in [0.2, 0.25) is 11.1 Å². The van der Waals surface area contributed by atoms with E-state index in [1.165, 1.54) is 51.6 Å². The van der Waals surface area contributed by atoms with Crippen LogP contribution >= 0.6 is 34.9 Å². The van der Waals surface area contributed by atoms with Gasteiger partial charge in [-0.15, -0.1) is 28.2 Å². The molecular weight excluding hydrogens is 464 g/mol. The van der Waals surface area contributed by atoms with E-state index < -0.39 is 23.0 Å². The van der Waals surface area contributed by atoms with Crippen molar-refractivity contribution in [1.29, 1.82) is 0 Å². The van der Waals surface area contributed by atoms with Gasteiger partial charge in [0.15, 0.2) is 0 Å².